The molecule has 6 heteroatoms. The van der Waals surface area contributed by atoms with Crippen molar-refractivity contribution in [1.82, 2.24) is 9.88 Å². The molecule has 1 saturated heterocycles. The van der Waals surface area contributed by atoms with Gasteiger partial charge < -0.3 is 14.7 Å². The van der Waals surface area contributed by atoms with Crippen molar-refractivity contribution in [2.24, 2.45) is 11.8 Å². The normalized spacial score (nSPS) is 19.1. The number of aryl methyl sites for hydroxylation is 2. The van der Waals surface area contributed by atoms with E-state index in [1.807, 2.05) is 18.2 Å². The number of alkyl halides is 1. The fourth-order valence-corrected chi connectivity index (χ4v) is 5.80. The van der Waals surface area contributed by atoms with Crippen LogP contribution in [0.5, 0.6) is 5.75 Å². The first-order valence-corrected chi connectivity index (χ1v) is 13.5. The topological polar surface area (TPSA) is 62.7 Å². The number of carbonyl (C=O) groups is 1. The molecule has 1 fully saturated rings. The van der Waals surface area contributed by atoms with Crippen molar-refractivity contribution in [1.29, 1.82) is 0 Å². The summed E-state index contributed by atoms with van der Waals surface area (Å²) in [6, 6.07) is 15.8. The third-order valence-corrected chi connectivity index (χ3v) is 7.95. The van der Waals surface area contributed by atoms with Crippen molar-refractivity contribution in [2.75, 3.05) is 26.7 Å². The third kappa shape index (κ3) is 7.29. The van der Waals surface area contributed by atoms with Crippen LogP contribution in [0.15, 0.2) is 54.7 Å². The number of nitrogens with zero attached hydrogens (tertiary/aromatic N) is 2. The highest BCUT2D eigenvalue weighted by atomic mass is 19.1. The Kier molecular flexibility index (Phi) is 9.51. The van der Waals surface area contributed by atoms with E-state index in [0.29, 0.717) is 24.2 Å². The maximum absolute atomic E-state index is 15.5. The lowest BCUT2D eigenvalue weighted by molar-refractivity contribution is -0.139. The van der Waals surface area contributed by atoms with Crippen LogP contribution in [0.1, 0.15) is 61.4 Å². The van der Waals surface area contributed by atoms with Gasteiger partial charge in [-0.15, -0.1) is 0 Å². The third-order valence-electron chi connectivity index (χ3n) is 7.95. The van der Waals surface area contributed by atoms with Gasteiger partial charge in [-0.3, -0.25) is 9.78 Å². The molecule has 0 saturated carbocycles. The number of methoxy groups -OCH3 is 1. The molecule has 5 nitrogen and oxygen atoms in total. The van der Waals surface area contributed by atoms with Crippen LogP contribution in [0.4, 0.5) is 4.39 Å². The van der Waals surface area contributed by atoms with Gasteiger partial charge in [0.25, 0.3) is 0 Å². The number of likely N-dealkylation sites (tertiary alicyclic amines) is 1. The van der Waals surface area contributed by atoms with Crippen molar-refractivity contribution >= 4 is 16.9 Å². The van der Waals surface area contributed by atoms with Crippen LogP contribution in [0, 0.1) is 18.8 Å². The highest BCUT2D eigenvalue weighted by Crippen LogP contribution is 2.36. The molecule has 3 atom stereocenters. The molecule has 37 heavy (non-hydrogen) atoms. The second-order valence-corrected chi connectivity index (χ2v) is 10.4. The van der Waals surface area contributed by atoms with E-state index in [1.54, 1.807) is 19.4 Å². The van der Waals surface area contributed by atoms with E-state index in [4.69, 9.17) is 4.74 Å². The van der Waals surface area contributed by atoms with Gasteiger partial charge in [-0.05, 0) is 111 Å². The Morgan fingerprint density at radius 1 is 1.19 bits per heavy atom. The first-order valence-electron chi connectivity index (χ1n) is 13.5. The summed E-state index contributed by atoms with van der Waals surface area (Å²) in [4.78, 5) is 18.4. The quantitative estimate of drug-likeness (QED) is 0.274. The van der Waals surface area contributed by atoms with Gasteiger partial charge in [-0.1, -0.05) is 24.3 Å². The number of benzene rings is 2. The average molecular weight is 507 g/mol. The van der Waals surface area contributed by atoms with E-state index in [0.717, 1.165) is 56.2 Å². The zero-order valence-corrected chi connectivity index (χ0v) is 22.0. The van der Waals surface area contributed by atoms with Gasteiger partial charge in [0.05, 0.1) is 12.6 Å². The molecule has 0 bridgehead atoms. The first-order chi connectivity index (χ1) is 17.9. The summed E-state index contributed by atoms with van der Waals surface area (Å²) in [5, 5.41) is 10.3. The van der Waals surface area contributed by atoms with Gasteiger partial charge in [0.2, 0.25) is 0 Å². The Balaban J connectivity index is 1.31. The number of pyridine rings is 1. The first kappa shape index (κ1) is 27.1. The number of fused-ring (bicyclic) bond motifs is 1. The van der Waals surface area contributed by atoms with Crippen LogP contribution in [0.25, 0.3) is 10.9 Å². The number of carboxylic acids is 1. The molecule has 3 aromatic rings. The average Bonchev–Trinajstić information content (AvgIpc) is 2.90. The maximum Gasteiger partial charge on any atom is 0.303 e. The zero-order chi connectivity index (χ0) is 26.2. The molecular weight excluding hydrogens is 467 g/mol. The Morgan fingerprint density at radius 2 is 2.03 bits per heavy atom. The van der Waals surface area contributed by atoms with E-state index in [-0.39, 0.29) is 18.3 Å². The number of piperidine rings is 1. The summed E-state index contributed by atoms with van der Waals surface area (Å²) in [5.41, 5.74) is 4.13. The molecule has 2 aromatic carbocycles. The maximum atomic E-state index is 15.5. The highest BCUT2D eigenvalue weighted by Gasteiger charge is 2.31. The monoisotopic (exact) mass is 506 g/mol. The molecule has 2 heterocycles. The summed E-state index contributed by atoms with van der Waals surface area (Å²) in [5.74, 6) is 0.200. The lowest BCUT2D eigenvalue weighted by atomic mass is 9.79. The summed E-state index contributed by atoms with van der Waals surface area (Å²) >= 11 is 0. The second-order valence-electron chi connectivity index (χ2n) is 10.4. The SMILES string of the molecule is COc1ccc2nccc([C@@H](F)CC[C@@H]3CCN(CCCCc4ccccc4C)C[C@@H]3CC(=O)O)c2c1. The van der Waals surface area contributed by atoms with Crippen LogP contribution >= 0.6 is 0 Å². The van der Waals surface area contributed by atoms with E-state index in [9.17, 15) is 9.90 Å². The number of ether oxygens (including phenoxy) is 1. The fraction of sp³-hybridized carbons (Fsp3) is 0.484. The van der Waals surface area contributed by atoms with Gasteiger partial charge in [0.15, 0.2) is 0 Å². The van der Waals surface area contributed by atoms with Crippen molar-refractivity contribution < 1.29 is 19.0 Å². The molecule has 1 N–H and O–H groups in total. The Morgan fingerprint density at radius 3 is 2.81 bits per heavy atom. The number of hydrogen-bond acceptors (Lipinski definition) is 4. The number of hydrogen-bond donors (Lipinski definition) is 1. The van der Waals surface area contributed by atoms with Crippen LogP contribution in [0.2, 0.25) is 0 Å². The summed E-state index contributed by atoms with van der Waals surface area (Å²) in [6.07, 6.45) is 5.98. The van der Waals surface area contributed by atoms with Crippen molar-refractivity contribution in [3.8, 4) is 5.75 Å². The lowest BCUT2D eigenvalue weighted by Crippen LogP contribution is -2.41. The number of aromatic nitrogens is 1. The molecule has 1 aliphatic rings. The van der Waals surface area contributed by atoms with Gasteiger partial charge in [-0.2, -0.15) is 0 Å². The number of aliphatic carboxylic acids is 1. The molecule has 198 valence electrons. The predicted molar refractivity (Wildman–Crippen MR) is 146 cm³/mol. The highest BCUT2D eigenvalue weighted by molar-refractivity contribution is 5.83. The molecule has 0 aliphatic carbocycles. The number of halogens is 1. The van der Waals surface area contributed by atoms with E-state index >= 15 is 4.39 Å². The van der Waals surface area contributed by atoms with Gasteiger partial charge in [0.1, 0.15) is 11.9 Å². The smallest absolute Gasteiger partial charge is 0.303 e. The zero-order valence-electron chi connectivity index (χ0n) is 22.0. The van der Waals surface area contributed by atoms with Crippen LogP contribution in [-0.4, -0.2) is 47.7 Å². The summed E-state index contributed by atoms with van der Waals surface area (Å²) in [7, 11) is 1.60. The molecule has 0 spiro atoms. The summed E-state index contributed by atoms with van der Waals surface area (Å²) in [6.45, 7) is 4.89. The molecule has 1 aliphatic heterocycles. The van der Waals surface area contributed by atoms with Gasteiger partial charge >= 0.3 is 5.97 Å². The lowest BCUT2D eigenvalue weighted by Gasteiger charge is -2.38. The Hall–Kier alpha value is -2.99. The molecular formula is C31H39FN2O3. The minimum atomic E-state index is -1.12. The number of unbranched alkanes of at least 4 members (excludes halogenated alkanes) is 1. The molecule has 1 aromatic heterocycles. The number of carboxylic acid groups (broad SMARTS) is 1. The standard InChI is InChI=1S/C31H39FN2O3/c1-22-7-3-4-8-23(22)9-5-6-17-34-18-15-24(25(21-34)19-31(35)36)10-12-29(32)27-14-16-33-30-13-11-26(37-2)20-28(27)30/h3-4,7-8,11,13-14,16,20,24-25,29H,5-6,9-10,12,15,17-19,21H2,1-2H3,(H,35,36)/t24-,25+,29+/m1/s1. The van der Waals surface area contributed by atoms with Crippen LogP contribution in [-0.2, 0) is 11.2 Å². The van der Waals surface area contributed by atoms with Crippen molar-refractivity contribution in [3.05, 3.63) is 71.4 Å². The summed E-state index contributed by atoms with van der Waals surface area (Å²) < 4.78 is 20.8. The molecule has 0 unspecified atom stereocenters. The van der Waals surface area contributed by atoms with Gasteiger partial charge in [-0.25, -0.2) is 4.39 Å². The fourth-order valence-electron chi connectivity index (χ4n) is 5.80. The van der Waals surface area contributed by atoms with Crippen molar-refractivity contribution in [3.63, 3.8) is 0 Å². The van der Waals surface area contributed by atoms with Crippen LogP contribution < -0.4 is 4.74 Å². The minimum absolute atomic E-state index is 0.0593. The number of rotatable bonds is 12. The predicted octanol–water partition coefficient (Wildman–Crippen LogP) is 6.78. The molecule has 0 radical (unpaired) electrons. The van der Waals surface area contributed by atoms with Crippen molar-refractivity contribution in [2.45, 2.75) is 58.0 Å². The molecule has 4 rings (SSSR count). The van der Waals surface area contributed by atoms with Gasteiger partial charge in [0, 0.05) is 24.5 Å². The Labute approximate surface area is 219 Å². The van der Waals surface area contributed by atoms with Crippen LogP contribution in [0.3, 0.4) is 0 Å². The van der Waals surface area contributed by atoms with E-state index < -0.39 is 12.1 Å². The Bertz CT molecular complexity index is 1180. The second kappa shape index (κ2) is 13.0. The molecule has 0 amide bonds. The minimum Gasteiger partial charge on any atom is -0.497 e. The van der Waals surface area contributed by atoms with E-state index in [2.05, 4.69) is 41.1 Å². The largest absolute Gasteiger partial charge is 0.497 e. The van der Waals surface area contributed by atoms with E-state index in [1.165, 1.54) is 11.1 Å².